The van der Waals surface area contributed by atoms with E-state index >= 15 is 0 Å². The van der Waals surface area contributed by atoms with Crippen LogP contribution in [-0.2, 0) is 42.3 Å². The molecule has 27 aromatic rings. The van der Waals surface area contributed by atoms with Gasteiger partial charge in [0, 0.05) is 125 Å². The normalized spacial score (nSPS) is 12.0. The zero-order valence-corrected chi connectivity index (χ0v) is 80.8. The molecule has 0 N–H and O–H groups in total. The van der Waals surface area contributed by atoms with Crippen molar-refractivity contribution in [2.45, 2.75) is 75.1 Å². The van der Waals surface area contributed by atoms with Gasteiger partial charge in [-0.3, -0.25) is 0 Å². The van der Waals surface area contributed by atoms with E-state index in [1.807, 2.05) is 94.6 Å². The molecule has 0 aliphatic rings. The Kier molecular flexibility index (Phi) is 20.9. The summed E-state index contributed by atoms with van der Waals surface area (Å²) in [4.78, 5) is 12.8. The first-order valence-corrected chi connectivity index (χ1v) is 47.4. The number of furan rings is 5. The molecular weight excluding hydrogens is 1710 g/mol. The fraction of sp³-hybridized carbons (Fsp3) is 0.136. The van der Waals surface area contributed by atoms with Crippen LogP contribution in [0.4, 0.5) is 0 Å². The molecule has 10 aromatic heterocycles. The average Bonchev–Trinajstić information content (AvgIpc) is 1.55. The highest BCUT2D eigenvalue weighted by Crippen LogP contribution is 2.48. The minimum absolute atomic E-state index is 0.666. The van der Waals surface area contributed by atoms with Crippen molar-refractivity contribution in [1.82, 2.24) is 19.5 Å². The highest BCUT2D eigenvalue weighted by atomic mass is 16.3. The summed E-state index contributed by atoms with van der Waals surface area (Å²) in [5, 5.41) is 24.4. The molecule has 0 bridgehead atoms. The van der Waals surface area contributed by atoms with E-state index < -0.39 is 5.89 Å². The summed E-state index contributed by atoms with van der Waals surface area (Å²) in [6.45, 7) is 21.0. The molecule has 27 rings (SSSR count). The summed E-state index contributed by atoms with van der Waals surface area (Å²) in [7, 11) is 12.4. The molecule has 17 aromatic carbocycles. The van der Waals surface area contributed by atoms with Gasteiger partial charge in [-0.25, -0.2) is 22.8 Å². The Balaban J connectivity index is 0.0000000981. The molecule has 14 heteroatoms. The topological polar surface area (TPSA) is 129 Å². The number of aromatic nitrogens is 9. The van der Waals surface area contributed by atoms with Crippen LogP contribution in [0.3, 0.4) is 0 Å². The lowest BCUT2D eigenvalue weighted by atomic mass is 9.94. The zero-order valence-electron chi connectivity index (χ0n) is 81.8. The molecule has 0 saturated heterocycles. The van der Waals surface area contributed by atoms with E-state index in [1.54, 1.807) is 0 Å². The van der Waals surface area contributed by atoms with Crippen LogP contribution in [0.25, 0.3) is 242 Å². The molecule has 0 saturated carbocycles. The Labute approximate surface area is 804 Å². The number of nitrogens with zero attached hydrogens (tertiary/aromatic N) is 9. The predicted octanol–water partition coefficient (Wildman–Crippen LogP) is 29.6. The maximum Gasteiger partial charge on any atom is 0.293 e. The lowest BCUT2D eigenvalue weighted by Crippen LogP contribution is -2.32. The Morgan fingerprint density at radius 1 is 0.273 bits per heavy atom. The SMILES string of the molecule is Cc1cc(-c2c(C)ccc3c2oc2c4ccccc4ccc32)[n+](C)cn1.Cc1cc2c(oc3c4ccccc4ccc23)c(-c2ccnc[n+]2C)c1C.Cc1ccc2c(oc3c4ccccc4ccc23)c1-c1ccnc[n+]1C.Cc1ccc2c(oc3c4ccccc4ccc23)c1-c1n(C)c2ccccc2[n+]1C.[2H]C(C)(C)c1cccc2c1ccc(-c1c(C)c(C)cc3c1oc1c4ccccc4ccc31)[n+]2C. The Morgan fingerprint density at radius 2 is 0.612 bits per heavy atom. The van der Waals surface area contributed by atoms with E-state index in [-0.39, 0.29) is 0 Å². The van der Waals surface area contributed by atoms with Crippen LogP contribution in [0.15, 0.2) is 357 Å². The van der Waals surface area contributed by atoms with E-state index in [9.17, 15) is 0 Å². The third-order valence-electron chi connectivity index (χ3n) is 28.8. The monoisotopic (exact) mass is 1810 g/mol. The lowest BCUT2D eigenvalue weighted by Gasteiger charge is -2.12. The predicted molar refractivity (Wildman–Crippen MR) is 569 cm³/mol. The third-order valence-corrected chi connectivity index (χ3v) is 28.8. The molecule has 0 amide bonds. The van der Waals surface area contributed by atoms with Gasteiger partial charge < -0.3 is 22.1 Å². The van der Waals surface area contributed by atoms with Gasteiger partial charge in [0.05, 0.1) is 57.5 Å². The molecule has 674 valence electrons. The van der Waals surface area contributed by atoms with E-state index in [2.05, 4.69) is 394 Å². The minimum atomic E-state index is -0.666. The summed E-state index contributed by atoms with van der Waals surface area (Å²) < 4.78 is 54.3. The van der Waals surface area contributed by atoms with E-state index in [0.717, 1.165) is 199 Å². The van der Waals surface area contributed by atoms with Crippen LogP contribution in [0.2, 0.25) is 0 Å². The maximum absolute atomic E-state index is 8.62. The first-order chi connectivity index (χ1) is 67.9. The van der Waals surface area contributed by atoms with Crippen molar-refractivity contribution in [1.29, 1.82) is 0 Å². The average molecular weight is 1810 g/mol. The van der Waals surface area contributed by atoms with E-state index in [0.29, 0.717) is 0 Å². The van der Waals surface area contributed by atoms with Gasteiger partial charge >= 0.3 is 0 Å². The van der Waals surface area contributed by atoms with Crippen LogP contribution in [-0.4, -0.2) is 19.5 Å². The van der Waals surface area contributed by atoms with Gasteiger partial charge in [0.2, 0.25) is 11.2 Å². The fourth-order valence-electron chi connectivity index (χ4n) is 21.4. The maximum atomic E-state index is 8.62. The molecule has 10 heterocycles. The zero-order chi connectivity index (χ0) is 96.1. The second-order valence-electron chi connectivity index (χ2n) is 37.5. The molecule has 14 nitrogen and oxygen atoms in total. The highest BCUT2D eigenvalue weighted by Gasteiger charge is 2.32. The number of pyridine rings is 1. The summed E-state index contributed by atoms with van der Waals surface area (Å²) in [5.74, 6) is 0.484. The van der Waals surface area contributed by atoms with Gasteiger partial charge in [0.25, 0.3) is 24.8 Å². The number of hydrogen-bond acceptors (Lipinski definition) is 8. The van der Waals surface area contributed by atoms with Crippen LogP contribution < -0.4 is 22.8 Å². The smallest absolute Gasteiger partial charge is 0.293 e. The first kappa shape index (κ1) is 85.1. The highest BCUT2D eigenvalue weighted by molar-refractivity contribution is 6.23. The second kappa shape index (κ2) is 34.2. The molecule has 0 aliphatic heterocycles. The Hall–Kier alpha value is -16.8. The van der Waals surface area contributed by atoms with Gasteiger partial charge in [0.15, 0.2) is 22.3 Å². The van der Waals surface area contributed by atoms with E-state index in [4.69, 9.17) is 23.5 Å². The number of aryl methyl sites for hydroxylation is 12. The largest absolute Gasteiger partial charge is 0.455 e. The van der Waals surface area contributed by atoms with Gasteiger partial charge in [-0.2, -0.15) is 4.57 Å². The van der Waals surface area contributed by atoms with Crippen molar-refractivity contribution in [3.8, 4) is 56.4 Å². The summed E-state index contributed by atoms with van der Waals surface area (Å²) in [6.07, 6.45) is 9.18. The summed E-state index contributed by atoms with van der Waals surface area (Å²) in [6, 6.07) is 107. The van der Waals surface area contributed by atoms with Gasteiger partial charge in [0.1, 0.15) is 92.3 Å². The summed E-state index contributed by atoms with van der Waals surface area (Å²) >= 11 is 0. The molecule has 0 fully saturated rings. The lowest BCUT2D eigenvalue weighted by molar-refractivity contribution is -0.663. The quantitative estimate of drug-likeness (QED) is 0.151. The first-order valence-electron chi connectivity index (χ1n) is 47.9. The Bertz CT molecular complexity index is 9810. The minimum Gasteiger partial charge on any atom is -0.455 e. The van der Waals surface area contributed by atoms with Crippen molar-refractivity contribution in [2.75, 3.05) is 0 Å². The summed E-state index contributed by atoms with van der Waals surface area (Å²) in [5.41, 5.74) is 33.8. The molecule has 0 spiro atoms. The van der Waals surface area contributed by atoms with Gasteiger partial charge in [-0.1, -0.05) is 241 Å². The number of imidazole rings is 1. The standard InChI is InChI=1S/C31H28NO.C26H21N2O.2C23H19N2O.C22H17N2O/c1-18(2)22-11-8-12-27-24(22)15-16-28(32(27)5)29-20(4)19(3)17-26-25-14-13-21-9-6-7-10-23(21)30(25)33-31(26)29;1-16-12-14-20-19-15-13-17-8-4-5-9-18(17)24(19)29-25(20)23(16)26-27(2)21-10-6-7-11-22(21)28(26)3;1-14-8-10-19-18-11-9-16-6-4-5-7-17(16)22(18)26-23(19)21(14)20-12-15(2)24-13-25(20)3;1-14-12-19-18-9-8-16-6-4-5-7-17(16)22(18)26-23(19)21(15(14)2)20-10-11-24-13-25(20)3;1-14-7-9-18-17-10-8-15-5-3-4-6-16(15)21(17)25-22(18)20(14)19-11-12-23-13-24(19)2/h6-18H,1-5H3;4-15H,1-3H3;2*4-13H,1-3H3;3-13H,1-2H3/q5*+1/i18D;;;;. The molecular formula is C125H104N9O5+5. The molecule has 0 aliphatic carbocycles. The van der Waals surface area contributed by atoms with Gasteiger partial charge in [-0.05, 0) is 186 Å². The fourth-order valence-corrected chi connectivity index (χ4v) is 21.4. The van der Waals surface area contributed by atoms with E-state index in [1.165, 1.54) is 93.1 Å². The second-order valence-corrected chi connectivity index (χ2v) is 37.5. The van der Waals surface area contributed by atoms with Crippen molar-refractivity contribution >= 4 is 185 Å². The van der Waals surface area contributed by atoms with Crippen LogP contribution in [0.1, 0.15) is 71.3 Å². The Morgan fingerprint density at radius 3 is 1.04 bits per heavy atom. The van der Waals surface area contributed by atoms with Crippen LogP contribution in [0, 0.1) is 55.4 Å². The van der Waals surface area contributed by atoms with Crippen molar-refractivity contribution in [3.63, 3.8) is 0 Å². The van der Waals surface area contributed by atoms with Crippen LogP contribution >= 0.6 is 0 Å². The molecule has 0 unspecified atom stereocenters. The van der Waals surface area contributed by atoms with Crippen molar-refractivity contribution in [3.05, 3.63) is 385 Å². The third kappa shape index (κ3) is 14.3. The molecule has 0 radical (unpaired) electrons. The molecule has 0 atom stereocenters. The number of benzene rings is 17. The van der Waals surface area contributed by atoms with Crippen LogP contribution in [0.5, 0.6) is 0 Å². The number of rotatable bonds is 6. The molecule has 139 heavy (non-hydrogen) atoms. The van der Waals surface area contributed by atoms with Gasteiger partial charge in [-0.15, -0.1) is 0 Å². The number of fused-ring (bicyclic) bond motifs is 27. The number of hydrogen-bond donors (Lipinski definition) is 0. The number of para-hydroxylation sites is 2. The van der Waals surface area contributed by atoms with Crippen molar-refractivity contribution in [2.24, 2.45) is 42.3 Å². The van der Waals surface area contributed by atoms with Crippen molar-refractivity contribution < 1.29 is 46.3 Å².